The average Bonchev–Trinajstić information content (AvgIpc) is 2.64. The number of benzene rings is 1. The van der Waals surface area contributed by atoms with Gasteiger partial charge in [0.25, 0.3) is 0 Å². The minimum Gasteiger partial charge on any atom is -0.395 e. The monoisotopic (exact) mass is 373 g/mol. The Balaban J connectivity index is 2.04. The maximum Gasteiger partial charge on any atom is 0.225 e. The third kappa shape index (κ3) is 4.09. The summed E-state index contributed by atoms with van der Waals surface area (Å²) in [5, 5.41) is 15.4. The highest BCUT2D eigenvalue weighted by Gasteiger charge is 2.16. The third-order valence-corrected chi connectivity index (χ3v) is 3.79. The summed E-state index contributed by atoms with van der Waals surface area (Å²) < 4.78 is 0. The molecule has 0 aliphatic rings. The molecule has 1 aromatic carbocycles. The first-order chi connectivity index (χ1) is 12.6. The Morgan fingerprint density at radius 3 is 2.46 bits per heavy atom. The van der Waals surface area contributed by atoms with Crippen LogP contribution in [0.4, 0.5) is 17.6 Å². The molecule has 8 nitrogen and oxygen atoms in total. The summed E-state index contributed by atoms with van der Waals surface area (Å²) in [5.74, 6) is 1.54. The molecule has 0 saturated heterocycles. The predicted molar refractivity (Wildman–Crippen MR) is 104 cm³/mol. The summed E-state index contributed by atoms with van der Waals surface area (Å²) in [4.78, 5) is 19.4. The normalized spacial score (nSPS) is 10.8. The lowest BCUT2D eigenvalue weighted by atomic mass is 10.2. The van der Waals surface area contributed by atoms with Gasteiger partial charge in [-0.1, -0.05) is 30.3 Å². The van der Waals surface area contributed by atoms with Crippen molar-refractivity contribution in [3.63, 3.8) is 0 Å². The summed E-state index contributed by atoms with van der Waals surface area (Å²) >= 11 is 6.12. The Hall–Kier alpha value is -2.71. The molecule has 3 N–H and O–H groups in total. The molecule has 2 heterocycles. The van der Waals surface area contributed by atoms with Crippen LogP contribution in [0.25, 0.3) is 11.0 Å². The number of halogens is 1. The van der Waals surface area contributed by atoms with Crippen LogP contribution >= 0.6 is 11.6 Å². The second-order valence-electron chi connectivity index (χ2n) is 5.79. The van der Waals surface area contributed by atoms with Gasteiger partial charge in [0.2, 0.25) is 11.2 Å². The number of nitrogens with one attached hydrogen (secondary N) is 2. The number of aromatic nitrogens is 4. The molecule has 3 rings (SSSR count). The first-order valence-corrected chi connectivity index (χ1v) is 8.51. The summed E-state index contributed by atoms with van der Waals surface area (Å²) in [6, 6.07) is 9.96. The molecule has 0 unspecified atom stereocenters. The van der Waals surface area contributed by atoms with Crippen molar-refractivity contribution < 1.29 is 5.11 Å². The zero-order chi connectivity index (χ0) is 18.5. The molecule has 0 bridgehead atoms. The Morgan fingerprint density at radius 2 is 1.77 bits per heavy atom. The quantitative estimate of drug-likeness (QED) is 0.542. The second kappa shape index (κ2) is 8.11. The Bertz CT molecular complexity index is 889. The molecule has 3 aromatic rings. The van der Waals surface area contributed by atoms with Gasteiger partial charge in [0.05, 0.1) is 6.61 Å². The number of aliphatic hydroxyl groups is 1. The molecule has 0 aliphatic carbocycles. The summed E-state index contributed by atoms with van der Waals surface area (Å²) in [6.45, 7) is 0.901. The van der Waals surface area contributed by atoms with Crippen LogP contribution in [0.2, 0.25) is 5.28 Å². The van der Waals surface area contributed by atoms with Crippen LogP contribution in [0, 0.1) is 0 Å². The number of nitrogens with zero attached hydrogens (tertiary/aromatic N) is 5. The van der Waals surface area contributed by atoms with E-state index in [0.717, 1.165) is 5.56 Å². The highest BCUT2D eigenvalue weighted by atomic mass is 35.5. The molecule has 26 heavy (non-hydrogen) atoms. The van der Waals surface area contributed by atoms with Gasteiger partial charge in [0.15, 0.2) is 11.6 Å². The van der Waals surface area contributed by atoms with E-state index in [1.807, 2.05) is 49.3 Å². The van der Waals surface area contributed by atoms with E-state index in [0.29, 0.717) is 41.7 Å². The van der Waals surface area contributed by atoms with Gasteiger partial charge >= 0.3 is 0 Å². The van der Waals surface area contributed by atoms with Crippen LogP contribution in [0.15, 0.2) is 30.3 Å². The maximum absolute atomic E-state index is 9.04. The van der Waals surface area contributed by atoms with Crippen molar-refractivity contribution in [1.82, 2.24) is 19.9 Å². The van der Waals surface area contributed by atoms with Crippen molar-refractivity contribution >= 4 is 40.2 Å². The third-order valence-electron chi connectivity index (χ3n) is 3.62. The molecule has 0 amide bonds. The molecule has 0 fully saturated rings. The number of hydrogen-bond acceptors (Lipinski definition) is 8. The molecular weight excluding hydrogens is 354 g/mol. The number of fused-ring (bicyclic) bond motifs is 1. The molecule has 136 valence electrons. The fourth-order valence-electron chi connectivity index (χ4n) is 2.44. The van der Waals surface area contributed by atoms with Gasteiger partial charge in [-0.2, -0.15) is 9.97 Å². The minimum absolute atomic E-state index is 0.0189. The van der Waals surface area contributed by atoms with Crippen LogP contribution < -0.4 is 15.5 Å². The van der Waals surface area contributed by atoms with E-state index in [-0.39, 0.29) is 11.9 Å². The van der Waals surface area contributed by atoms with Gasteiger partial charge in [-0.25, -0.2) is 9.97 Å². The molecule has 0 radical (unpaired) electrons. The first kappa shape index (κ1) is 18.1. The molecule has 0 atom stereocenters. The van der Waals surface area contributed by atoms with E-state index in [1.165, 1.54) is 0 Å². The van der Waals surface area contributed by atoms with Crippen molar-refractivity contribution in [2.75, 3.05) is 42.8 Å². The van der Waals surface area contributed by atoms with Gasteiger partial charge in [0, 0.05) is 27.2 Å². The van der Waals surface area contributed by atoms with Gasteiger partial charge < -0.3 is 20.6 Å². The van der Waals surface area contributed by atoms with Crippen molar-refractivity contribution in [3.05, 3.63) is 41.2 Å². The van der Waals surface area contributed by atoms with Crippen molar-refractivity contribution in [3.8, 4) is 0 Å². The summed E-state index contributed by atoms with van der Waals surface area (Å²) in [6.07, 6.45) is 0. The van der Waals surface area contributed by atoms with Gasteiger partial charge in [0.1, 0.15) is 11.0 Å². The lowest BCUT2D eigenvalue weighted by molar-refractivity contribution is 0.311. The van der Waals surface area contributed by atoms with Crippen LogP contribution in [-0.4, -0.2) is 52.3 Å². The Morgan fingerprint density at radius 1 is 1.00 bits per heavy atom. The van der Waals surface area contributed by atoms with E-state index < -0.39 is 0 Å². The molecule has 2 aromatic heterocycles. The van der Waals surface area contributed by atoms with Gasteiger partial charge in [-0.05, 0) is 17.2 Å². The Kier molecular flexibility index (Phi) is 5.65. The fourth-order valence-corrected chi connectivity index (χ4v) is 2.61. The fraction of sp³-hybridized carbons (Fsp3) is 0.294. The number of anilines is 3. The standard InChI is InChI=1S/C17H20ClN7O/c1-25(2)15-13-12(22-17(24-15)19-8-9-26)14(23-16(18)21-13)20-10-11-6-4-3-5-7-11/h3-7,26H,8-10H2,1-2H3,(H,19,22,24)(H,20,21,23). The molecule has 0 spiro atoms. The predicted octanol–water partition coefficient (Wildman–Crippen LogP) is 2.16. The zero-order valence-corrected chi connectivity index (χ0v) is 15.3. The van der Waals surface area contributed by atoms with Crippen molar-refractivity contribution in [2.45, 2.75) is 6.54 Å². The number of rotatable bonds is 7. The van der Waals surface area contributed by atoms with Crippen LogP contribution in [-0.2, 0) is 6.54 Å². The second-order valence-corrected chi connectivity index (χ2v) is 6.13. The van der Waals surface area contributed by atoms with Crippen molar-refractivity contribution in [1.29, 1.82) is 0 Å². The van der Waals surface area contributed by atoms with E-state index >= 15 is 0 Å². The Labute approximate surface area is 156 Å². The first-order valence-electron chi connectivity index (χ1n) is 8.13. The lowest BCUT2D eigenvalue weighted by Crippen LogP contribution is -2.16. The molecular formula is C17H20ClN7O. The zero-order valence-electron chi connectivity index (χ0n) is 14.6. The van der Waals surface area contributed by atoms with Gasteiger partial charge in [-0.3, -0.25) is 0 Å². The maximum atomic E-state index is 9.04. The van der Waals surface area contributed by atoms with Gasteiger partial charge in [-0.15, -0.1) is 0 Å². The smallest absolute Gasteiger partial charge is 0.225 e. The SMILES string of the molecule is CN(C)c1nc(NCCO)nc2c(NCc3ccccc3)nc(Cl)nc12. The molecule has 9 heteroatoms. The van der Waals surface area contributed by atoms with Crippen molar-refractivity contribution in [2.24, 2.45) is 0 Å². The lowest BCUT2D eigenvalue weighted by Gasteiger charge is -2.17. The van der Waals surface area contributed by atoms with Crippen LogP contribution in [0.3, 0.4) is 0 Å². The summed E-state index contributed by atoms with van der Waals surface area (Å²) in [7, 11) is 3.73. The summed E-state index contributed by atoms with van der Waals surface area (Å²) in [5.41, 5.74) is 2.22. The van der Waals surface area contributed by atoms with E-state index in [1.54, 1.807) is 0 Å². The number of hydrogen-bond donors (Lipinski definition) is 3. The van der Waals surface area contributed by atoms with E-state index in [2.05, 4.69) is 30.6 Å². The highest BCUT2D eigenvalue weighted by Crippen LogP contribution is 2.28. The topological polar surface area (TPSA) is 99.1 Å². The van der Waals surface area contributed by atoms with E-state index in [4.69, 9.17) is 16.7 Å². The average molecular weight is 374 g/mol. The van der Waals surface area contributed by atoms with E-state index in [9.17, 15) is 0 Å². The number of aliphatic hydroxyl groups excluding tert-OH is 1. The largest absolute Gasteiger partial charge is 0.395 e. The molecule has 0 saturated carbocycles. The highest BCUT2D eigenvalue weighted by molar-refractivity contribution is 6.29. The molecule has 0 aliphatic heterocycles. The minimum atomic E-state index is -0.0189. The van der Waals surface area contributed by atoms with Crippen LogP contribution in [0.5, 0.6) is 0 Å². The van der Waals surface area contributed by atoms with Crippen LogP contribution in [0.1, 0.15) is 5.56 Å².